The zero-order valence-electron chi connectivity index (χ0n) is 10.8. The highest BCUT2D eigenvalue weighted by Gasteiger charge is 2.21. The van der Waals surface area contributed by atoms with Crippen molar-refractivity contribution in [3.8, 4) is 0 Å². The van der Waals surface area contributed by atoms with Crippen LogP contribution in [-0.2, 0) is 0 Å². The van der Waals surface area contributed by atoms with E-state index in [2.05, 4.69) is 34.8 Å². The van der Waals surface area contributed by atoms with Gasteiger partial charge in [0, 0.05) is 15.2 Å². The van der Waals surface area contributed by atoms with Crippen molar-refractivity contribution in [1.29, 1.82) is 0 Å². The quantitative estimate of drug-likeness (QED) is 0.815. The van der Waals surface area contributed by atoms with Gasteiger partial charge in [-0.2, -0.15) is 0 Å². The minimum Gasteiger partial charge on any atom is -0.349 e. The lowest BCUT2D eigenvalue weighted by Gasteiger charge is -2.28. The second kappa shape index (κ2) is 6.55. The van der Waals surface area contributed by atoms with E-state index in [1.807, 2.05) is 24.3 Å². The van der Waals surface area contributed by atoms with E-state index in [1.165, 1.54) is 19.3 Å². The number of carbonyl (C=O) groups is 1. The summed E-state index contributed by atoms with van der Waals surface area (Å²) in [6.07, 6.45) is 6.06. The number of amides is 1. The molecule has 1 aromatic carbocycles. The molecule has 1 N–H and O–H groups in total. The Bertz CT molecular complexity index is 411. The van der Waals surface area contributed by atoms with Gasteiger partial charge in [-0.15, -0.1) is 0 Å². The number of hydrogen-bond acceptors (Lipinski definition) is 1. The molecule has 1 amide bonds. The molecule has 0 radical (unpaired) electrons. The summed E-state index contributed by atoms with van der Waals surface area (Å²) in [6, 6.07) is 8.13. The van der Waals surface area contributed by atoms with Crippen molar-refractivity contribution in [1.82, 2.24) is 5.32 Å². The van der Waals surface area contributed by atoms with Gasteiger partial charge in [0.2, 0.25) is 0 Å². The summed E-state index contributed by atoms with van der Waals surface area (Å²) in [5.41, 5.74) is 0.777. The van der Waals surface area contributed by atoms with E-state index in [-0.39, 0.29) is 5.91 Å². The van der Waals surface area contributed by atoms with E-state index in [0.29, 0.717) is 6.04 Å². The summed E-state index contributed by atoms with van der Waals surface area (Å²) in [6.45, 7) is 2.26. The predicted molar refractivity (Wildman–Crippen MR) is 82.7 cm³/mol. The van der Waals surface area contributed by atoms with Gasteiger partial charge in [-0.1, -0.05) is 19.4 Å². The first kappa shape index (κ1) is 13.8. The van der Waals surface area contributed by atoms with Gasteiger partial charge in [-0.05, 0) is 72.4 Å². The van der Waals surface area contributed by atoms with Gasteiger partial charge >= 0.3 is 0 Å². The van der Waals surface area contributed by atoms with E-state index in [9.17, 15) is 4.79 Å². The number of halogens is 1. The van der Waals surface area contributed by atoms with Crippen LogP contribution in [0, 0.1) is 9.49 Å². The van der Waals surface area contributed by atoms with Crippen LogP contribution in [0.4, 0.5) is 0 Å². The second-order valence-electron chi connectivity index (χ2n) is 5.11. The number of rotatable bonds is 3. The van der Waals surface area contributed by atoms with Crippen LogP contribution in [0.2, 0.25) is 0 Å². The Morgan fingerprint density at radius 2 is 2.06 bits per heavy atom. The molecule has 0 saturated heterocycles. The number of hydrogen-bond donors (Lipinski definition) is 1. The molecule has 0 bridgehead atoms. The molecule has 1 aliphatic carbocycles. The Morgan fingerprint density at radius 3 is 2.67 bits per heavy atom. The molecule has 1 saturated carbocycles. The summed E-state index contributed by atoms with van der Waals surface area (Å²) >= 11 is 2.24. The predicted octanol–water partition coefficient (Wildman–Crippen LogP) is 3.99. The summed E-state index contributed by atoms with van der Waals surface area (Å²) < 4.78 is 1.11. The van der Waals surface area contributed by atoms with Crippen LogP contribution >= 0.6 is 22.6 Å². The maximum absolute atomic E-state index is 12.1. The summed E-state index contributed by atoms with van der Waals surface area (Å²) in [5, 5.41) is 3.16. The number of nitrogens with one attached hydrogen (secondary N) is 1. The van der Waals surface area contributed by atoms with Crippen molar-refractivity contribution >= 4 is 28.5 Å². The monoisotopic (exact) mass is 357 g/mol. The molecule has 98 valence electrons. The fourth-order valence-electron chi connectivity index (χ4n) is 2.61. The lowest BCUT2D eigenvalue weighted by atomic mass is 9.84. The first-order valence-electron chi connectivity index (χ1n) is 6.75. The van der Waals surface area contributed by atoms with Crippen molar-refractivity contribution in [2.75, 3.05) is 0 Å². The largest absolute Gasteiger partial charge is 0.349 e. The van der Waals surface area contributed by atoms with E-state index in [1.54, 1.807) is 0 Å². The van der Waals surface area contributed by atoms with E-state index in [0.717, 1.165) is 27.9 Å². The Morgan fingerprint density at radius 1 is 1.33 bits per heavy atom. The smallest absolute Gasteiger partial charge is 0.251 e. The molecule has 1 aromatic rings. The Labute approximate surface area is 123 Å². The van der Waals surface area contributed by atoms with Gasteiger partial charge in [0.25, 0.3) is 5.91 Å². The molecule has 3 heteroatoms. The molecule has 1 aliphatic rings. The van der Waals surface area contributed by atoms with E-state index in [4.69, 9.17) is 0 Å². The molecule has 0 aromatic heterocycles. The van der Waals surface area contributed by atoms with Gasteiger partial charge < -0.3 is 5.32 Å². The summed E-state index contributed by atoms with van der Waals surface area (Å²) in [4.78, 5) is 12.1. The molecular formula is C15H20INO. The highest BCUT2D eigenvalue weighted by molar-refractivity contribution is 14.1. The Kier molecular flexibility index (Phi) is 5.03. The highest BCUT2D eigenvalue weighted by atomic mass is 127. The third-order valence-corrected chi connectivity index (χ3v) is 4.52. The fourth-order valence-corrected chi connectivity index (χ4v) is 3.16. The van der Waals surface area contributed by atoms with Gasteiger partial charge in [0.05, 0.1) is 0 Å². The molecule has 0 unspecified atom stereocenters. The molecule has 1 fully saturated rings. The third-order valence-electron chi connectivity index (χ3n) is 3.85. The van der Waals surface area contributed by atoms with E-state index >= 15 is 0 Å². The Hall–Kier alpha value is -0.580. The van der Waals surface area contributed by atoms with Crippen LogP contribution in [0.3, 0.4) is 0 Å². The van der Waals surface area contributed by atoms with E-state index < -0.39 is 0 Å². The van der Waals surface area contributed by atoms with Crippen molar-refractivity contribution in [2.45, 2.75) is 45.1 Å². The zero-order valence-corrected chi connectivity index (χ0v) is 12.9. The molecule has 0 aliphatic heterocycles. The molecule has 2 rings (SSSR count). The van der Waals surface area contributed by atoms with Crippen molar-refractivity contribution in [3.05, 3.63) is 33.4 Å². The van der Waals surface area contributed by atoms with Crippen LogP contribution in [-0.4, -0.2) is 11.9 Å². The van der Waals surface area contributed by atoms with Gasteiger partial charge in [-0.3, -0.25) is 4.79 Å². The lowest BCUT2D eigenvalue weighted by Crippen LogP contribution is -2.37. The molecule has 2 nitrogen and oxygen atoms in total. The minimum atomic E-state index is 0.0773. The fraction of sp³-hybridized carbons (Fsp3) is 0.533. The normalized spacial score (nSPS) is 23.7. The first-order chi connectivity index (χ1) is 8.69. The van der Waals surface area contributed by atoms with Crippen LogP contribution < -0.4 is 5.32 Å². The zero-order chi connectivity index (χ0) is 13.0. The summed E-state index contributed by atoms with van der Waals surface area (Å²) in [7, 11) is 0. The highest BCUT2D eigenvalue weighted by Crippen LogP contribution is 2.26. The molecule has 0 atom stereocenters. The maximum Gasteiger partial charge on any atom is 0.251 e. The molecular weight excluding hydrogens is 337 g/mol. The van der Waals surface area contributed by atoms with Gasteiger partial charge in [0.1, 0.15) is 0 Å². The van der Waals surface area contributed by atoms with Crippen LogP contribution in [0.1, 0.15) is 49.4 Å². The third kappa shape index (κ3) is 3.70. The van der Waals surface area contributed by atoms with Gasteiger partial charge in [-0.25, -0.2) is 0 Å². The molecule has 0 heterocycles. The first-order valence-corrected chi connectivity index (χ1v) is 7.83. The van der Waals surface area contributed by atoms with Crippen molar-refractivity contribution in [3.63, 3.8) is 0 Å². The molecule has 18 heavy (non-hydrogen) atoms. The van der Waals surface area contributed by atoms with Crippen LogP contribution in [0.15, 0.2) is 24.3 Å². The standard InChI is InChI=1S/C15H20INO/c1-2-11-6-8-14(9-7-11)17-15(18)12-4-3-5-13(16)10-12/h3-5,10-11,14H,2,6-9H2,1H3,(H,17,18). The average Bonchev–Trinajstić information content (AvgIpc) is 2.39. The number of carbonyl (C=O) groups excluding carboxylic acids is 1. The van der Waals surface area contributed by atoms with Crippen LogP contribution in [0.25, 0.3) is 0 Å². The minimum absolute atomic E-state index is 0.0773. The Balaban J connectivity index is 1.89. The van der Waals surface area contributed by atoms with Crippen molar-refractivity contribution < 1.29 is 4.79 Å². The maximum atomic E-state index is 12.1. The van der Waals surface area contributed by atoms with Crippen molar-refractivity contribution in [2.24, 2.45) is 5.92 Å². The topological polar surface area (TPSA) is 29.1 Å². The molecule has 0 spiro atoms. The van der Waals surface area contributed by atoms with Crippen LogP contribution in [0.5, 0.6) is 0 Å². The van der Waals surface area contributed by atoms with Gasteiger partial charge in [0.15, 0.2) is 0 Å². The SMILES string of the molecule is CCC1CCC(NC(=O)c2cccc(I)c2)CC1. The lowest BCUT2D eigenvalue weighted by molar-refractivity contribution is 0.0921. The summed E-state index contributed by atoms with van der Waals surface area (Å²) in [5.74, 6) is 0.948. The number of benzene rings is 1. The second-order valence-corrected chi connectivity index (χ2v) is 6.36. The average molecular weight is 357 g/mol.